The smallest absolute Gasteiger partial charge is 0.0463 e. The van der Waals surface area contributed by atoms with Crippen molar-refractivity contribution in [3.8, 4) is 0 Å². The Hall–Kier alpha value is -7.36. The zero-order valence-corrected chi connectivity index (χ0v) is 33.1. The molecule has 1 atom stereocenters. The summed E-state index contributed by atoms with van der Waals surface area (Å²) in [6.07, 6.45) is 7.35. The molecule has 3 heteroatoms. The molecule has 0 saturated heterocycles. The Bertz CT molecular complexity index is 2510. The first-order valence-corrected chi connectivity index (χ1v) is 20.6. The van der Waals surface area contributed by atoms with E-state index in [-0.39, 0.29) is 5.92 Å². The Balaban J connectivity index is 1.11. The van der Waals surface area contributed by atoms with E-state index < -0.39 is 0 Å². The van der Waals surface area contributed by atoms with Crippen LogP contribution in [0.25, 0.3) is 0 Å². The lowest BCUT2D eigenvalue weighted by molar-refractivity contribution is 0.804. The summed E-state index contributed by atoms with van der Waals surface area (Å²) in [5.74, 6) is 0.240. The third-order valence-corrected chi connectivity index (χ3v) is 11.1. The van der Waals surface area contributed by atoms with Crippen LogP contribution in [0.5, 0.6) is 0 Å². The Morgan fingerprint density at radius 3 is 0.966 bits per heavy atom. The highest BCUT2D eigenvalue weighted by atomic mass is 15.2. The molecule has 8 aromatic carbocycles. The summed E-state index contributed by atoms with van der Waals surface area (Å²) in [5, 5.41) is 0. The number of anilines is 7. The van der Waals surface area contributed by atoms with E-state index >= 15 is 0 Å². The van der Waals surface area contributed by atoms with Crippen molar-refractivity contribution in [3.63, 3.8) is 0 Å². The van der Waals surface area contributed by atoms with Gasteiger partial charge in [-0.3, -0.25) is 0 Å². The van der Waals surface area contributed by atoms with Crippen molar-refractivity contribution in [2.45, 2.75) is 25.2 Å². The third kappa shape index (κ3) is 8.51. The van der Waals surface area contributed by atoms with Crippen molar-refractivity contribution in [3.05, 3.63) is 271 Å². The molecule has 0 radical (unpaired) electrons. The Kier molecular flexibility index (Phi) is 11.3. The largest absolute Gasteiger partial charge is 0.314 e. The van der Waals surface area contributed by atoms with Gasteiger partial charge in [-0.15, -0.1) is 0 Å². The van der Waals surface area contributed by atoms with Gasteiger partial charge in [0.1, 0.15) is 0 Å². The standard InChI is InChI=1S/C56H47N3/c1-7-19-44(20-8-1)43-56(45-21-9-2-10-22-45)46-31-33-51(34-32-46)59(54-39-35-52(36-40-54)57(47-23-11-3-12-24-47)48-25-13-4-14-26-48)55-41-37-53(38-42-55)58(49-27-15-5-16-28-49)50-29-17-6-18-30-50/h1-37,39-41,56H,38,42-43H2. The van der Waals surface area contributed by atoms with Crippen LogP contribution >= 0.6 is 0 Å². The second kappa shape index (κ2) is 17.8. The van der Waals surface area contributed by atoms with E-state index in [0.29, 0.717) is 0 Å². The quantitative estimate of drug-likeness (QED) is 0.116. The van der Waals surface area contributed by atoms with Gasteiger partial charge < -0.3 is 14.7 Å². The van der Waals surface area contributed by atoms with Gasteiger partial charge in [-0.05, 0) is 133 Å². The van der Waals surface area contributed by atoms with Crippen LogP contribution in [0.3, 0.4) is 0 Å². The predicted octanol–water partition coefficient (Wildman–Crippen LogP) is 15.1. The van der Waals surface area contributed by atoms with Crippen LogP contribution in [0.1, 0.15) is 35.4 Å². The molecule has 0 N–H and O–H groups in total. The Morgan fingerprint density at radius 1 is 0.288 bits per heavy atom. The van der Waals surface area contributed by atoms with Crippen molar-refractivity contribution in [1.29, 1.82) is 0 Å². The summed E-state index contributed by atoms with van der Waals surface area (Å²) in [6.45, 7) is 0. The van der Waals surface area contributed by atoms with Gasteiger partial charge >= 0.3 is 0 Å². The molecule has 0 heterocycles. The van der Waals surface area contributed by atoms with Crippen molar-refractivity contribution in [2.75, 3.05) is 14.7 Å². The van der Waals surface area contributed by atoms with Gasteiger partial charge in [0.15, 0.2) is 0 Å². The molecule has 0 aromatic heterocycles. The zero-order chi connectivity index (χ0) is 39.6. The van der Waals surface area contributed by atoms with E-state index in [9.17, 15) is 0 Å². The molecular formula is C56H47N3. The summed E-state index contributed by atoms with van der Waals surface area (Å²) < 4.78 is 0. The maximum atomic E-state index is 2.44. The lowest BCUT2D eigenvalue weighted by atomic mass is 9.86. The second-order valence-corrected chi connectivity index (χ2v) is 14.9. The van der Waals surface area contributed by atoms with Crippen molar-refractivity contribution < 1.29 is 0 Å². The minimum atomic E-state index is 0.240. The second-order valence-electron chi connectivity index (χ2n) is 14.9. The number of hydrogen-bond donors (Lipinski definition) is 0. The van der Waals surface area contributed by atoms with E-state index in [2.05, 4.69) is 257 Å². The number of benzene rings is 8. The molecule has 59 heavy (non-hydrogen) atoms. The van der Waals surface area contributed by atoms with Gasteiger partial charge in [-0.2, -0.15) is 0 Å². The van der Waals surface area contributed by atoms with Crippen LogP contribution < -0.4 is 14.7 Å². The molecule has 1 aliphatic carbocycles. The first-order valence-electron chi connectivity index (χ1n) is 20.6. The highest BCUT2D eigenvalue weighted by Gasteiger charge is 2.23. The number of allylic oxidation sites excluding steroid dienone is 4. The first-order chi connectivity index (χ1) is 29.3. The first kappa shape index (κ1) is 37.2. The van der Waals surface area contributed by atoms with Gasteiger partial charge in [-0.1, -0.05) is 146 Å². The molecule has 0 aliphatic heterocycles. The van der Waals surface area contributed by atoms with Crippen molar-refractivity contribution in [2.24, 2.45) is 0 Å². The fourth-order valence-corrected chi connectivity index (χ4v) is 8.27. The highest BCUT2D eigenvalue weighted by molar-refractivity contribution is 5.79. The van der Waals surface area contributed by atoms with E-state index in [1.165, 1.54) is 28.1 Å². The fraction of sp³-hybridized carbons (Fsp3) is 0.0714. The SMILES string of the molecule is C1=C(N(c2ccccc2)c2ccccc2)CCC(N(c2ccc(C(Cc3ccccc3)c3ccccc3)cc2)c2ccc(N(c3ccccc3)c3ccccc3)cc2)=C1. The molecule has 1 unspecified atom stereocenters. The third-order valence-electron chi connectivity index (χ3n) is 11.1. The van der Waals surface area contributed by atoms with Crippen molar-refractivity contribution in [1.82, 2.24) is 0 Å². The fourth-order valence-electron chi connectivity index (χ4n) is 8.27. The van der Waals surface area contributed by atoms with Crippen LogP contribution in [-0.2, 0) is 6.42 Å². The van der Waals surface area contributed by atoms with Gasteiger partial charge in [0.25, 0.3) is 0 Å². The van der Waals surface area contributed by atoms with Crippen LogP contribution in [0.2, 0.25) is 0 Å². The monoisotopic (exact) mass is 761 g/mol. The molecular weight excluding hydrogens is 715 g/mol. The molecule has 8 aromatic rings. The molecule has 286 valence electrons. The van der Waals surface area contributed by atoms with E-state index in [1.54, 1.807) is 0 Å². The maximum absolute atomic E-state index is 2.44. The normalized spacial score (nSPS) is 12.8. The number of hydrogen-bond acceptors (Lipinski definition) is 3. The number of para-hydroxylation sites is 4. The molecule has 0 bridgehead atoms. The molecule has 0 spiro atoms. The van der Waals surface area contributed by atoms with Gasteiger partial charge in [0.2, 0.25) is 0 Å². The topological polar surface area (TPSA) is 9.72 Å². The summed E-state index contributed by atoms with van der Waals surface area (Å²) in [6, 6.07) is 82.7. The Morgan fingerprint density at radius 2 is 0.576 bits per heavy atom. The van der Waals surface area contributed by atoms with Gasteiger partial charge in [0, 0.05) is 57.1 Å². The summed E-state index contributed by atoms with van der Waals surface area (Å²) in [5.41, 5.74) is 14.4. The van der Waals surface area contributed by atoms with Gasteiger partial charge in [0.05, 0.1) is 0 Å². The molecule has 0 amide bonds. The molecule has 1 aliphatic rings. The lowest BCUT2D eigenvalue weighted by Crippen LogP contribution is -2.22. The van der Waals surface area contributed by atoms with E-state index in [0.717, 1.165) is 59.1 Å². The summed E-state index contributed by atoms with van der Waals surface area (Å²) >= 11 is 0. The summed E-state index contributed by atoms with van der Waals surface area (Å²) in [7, 11) is 0. The molecule has 0 fully saturated rings. The number of nitrogens with zero attached hydrogens (tertiary/aromatic N) is 3. The van der Waals surface area contributed by atoms with E-state index in [4.69, 9.17) is 0 Å². The number of rotatable bonds is 13. The van der Waals surface area contributed by atoms with E-state index in [1.807, 2.05) is 0 Å². The minimum absolute atomic E-state index is 0.240. The highest BCUT2D eigenvalue weighted by Crippen LogP contribution is 2.41. The van der Waals surface area contributed by atoms with Crippen LogP contribution in [-0.4, -0.2) is 0 Å². The summed E-state index contributed by atoms with van der Waals surface area (Å²) in [4.78, 5) is 7.15. The van der Waals surface area contributed by atoms with Crippen LogP contribution in [0, 0.1) is 0 Å². The molecule has 0 saturated carbocycles. The maximum Gasteiger partial charge on any atom is 0.0463 e. The molecule has 9 rings (SSSR count). The zero-order valence-electron chi connectivity index (χ0n) is 33.1. The predicted molar refractivity (Wildman–Crippen MR) is 249 cm³/mol. The van der Waals surface area contributed by atoms with Gasteiger partial charge in [-0.25, -0.2) is 0 Å². The van der Waals surface area contributed by atoms with Crippen LogP contribution in [0.15, 0.2) is 254 Å². The van der Waals surface area contributed by atoms with Crippen molar-refractivity contribution >= 4 is 39.8 Å². The average Bonchev–Trinajstić information content (AvgIpc) is 3.32. The van der Waals surface area contributed by atoms with Crippen LogP contribution in [0.4, 0.5) is 39.8 Å². The Labute approximate surface area is 349 Å². The average molecular weight is 762 g/mol. The lowest BCUT2D eigenvalue weighted by Gasteiger charge is -2.34. The minimum Gasteiger partial charge on any atom is -0.314 e. The molecule has 3 nitrogen and oxygen atoms in total.